The maximum atomic E-state index is 14.3. The van der Waals surface area contributed by atoms with Gasteiger partial charge in [-0.25, -0.2) is 9.59 Å². The SMILES string of the molecule is C=C(CN1C(=O)CCC1=O)C1CCC(CN2C(=O)CC(SCCC(=O)N(C)[C@@H](C)C(=O)O[C@H]3CC(=O)N(C)c4cc(cc(C)c4Cl)C/C(C)=C/C=C/[C@@H](OC)[C@@]4(O)CC(OC(=O)N4)[C@@H](C)C4O[C@]43C)C2=O)CC1. The number of carbonyl (C=O) groups excluding carboxylic acids is 8. The molecule has 1 aromatic carbocycles. The molecule has 398 valence electrons. The number of ether oxygens (including phenoxy) is 4. The van der Waals surface area contributed by atoms with E-state index in [1.165, 1.54) is 52.4 Å². The minimum Gasteiger partial charge on any atom is -0.457 e. The lowest BCUT2D eigenvalue weighted by molar-refractivity contribution is -0.162. The van der Waals surface area contributed by atoms with E-state index in [2.05, 4.69) is 11.9 Å². The molecule has 4 bridgehead atoms. The number of amides is 7. The van der Waals surface area contributed by atoms with Crippen molar-refractivity contribution in [2.45, 2.75) is 152 Å². The molecule has 20 heteroatoms. The zero-order valence-corrected chi connectivity index (χ0v) is 44.7. The standard InChI is InChI=1S/C53H70ClN5O13S/c1-29-11-10-12-40(69-9)53(68)26-38(70-51(67)55-53)32(4)48-52(6,72-48)41(25-45(63)57(8)37-23-35(21-29)22-30(2)47(37)54)71-50(66)33(5)56(7)42(60)19-20-73-39-24-46(64)59(49(39)65)28-34-13-15-36(16-14-34)31(3)27-58-43(61)17-18-44(58)62/h10-12,22-23,32-34,36,38-41,48,68H,3,13-21,24-28H2,1-2,4-9H3,(H,55,67)/b12-10+,29-11+/t32-,33+,34?,36?,38?,39?,40-,41+,48?,52+,53+/m1/s1. The smallest absolute Gasteiger partial charge is 0.409 e. The first kappa shape index (κ1) is 55.7. The van der Waals surface area contributed by atoms with Crippen LogP contribution in [0, 0.1) is 24.7 Å². The molecule has 3 unspecified atom stereocenters. The van der Waals surface area contributed by atoms with Gasteiger partial charge in [0, 0.05) is 78.1 Å². The summed E-state index contributed by atoms with van der Waals surface area (Å²) in [6, 6.07) is 2.65. The normalized spacial score (nSPS) is 32.6. The lowest BCUT2D eigenvalue weighted by Gasteiger charge is -2.42. The van der Waals surface area contributed by atoms with E-state index < -0.39 is 76.8 Å². The largest absolute Gasteiger partial charge is 0.457 e. The Morgan fingerprint density at radius 3 is 2.38 bits per heavy atom. The molecule has 4 saturated heterocycles. The first-order chi connectivity index (χ1) is 34.4. The van der Waals surface area contributed by atoms with Crippen LogP contribution >= 0.6 is 23.4 Å². The van der Waals surface area contributed by atoms with Gasteiger partial charge in [-0.1, -0.05) is 60.5 Å². The number of epoxide rings is 1. The summed E-state index contributed by atoms with van der Waals surface area (Å²) in [5.74, 6) is -2.62. The second kappa shape index (κ2) is 22.8. The number of likely N-dealkylation sites (N-methyl/N-ethyl adjacent to an activating group) is 1. The molecule has 1 aromatic rings. The van der Waals surface area contributed by atoms with Crippen LogP contribution in [-0.4, -0.2) is 154 Å². The van der Waals surface area contributed by atoms with Crippen LogP contribution < -0.4 is 10.2 Å². The number of alkyl carbamates (subject to hydrolysis) is 1. The van der Waals surface area contributed by atoms with E-state index in [1.54, 1.807) is 33.0 Å². The maximum Gasteiger partial charge on any atom is 0.409 e. The first-order valence-corrected chi connectivity index (χ1v) is 26.6. The Bertz CT molecular complexity index is 2440. The van der Waals surface area contributed by atoms with E-state index in [-0.39, 0.29) is 86.3 Å². The number of carbonyl (C=O) groups is 8. The van der Waals surface area contributed by atoms with Crippen molar-refractivity contribution >= 4 is 76.6 Å². The average Bonchev–Trinajstić information content (AvgIpc) is 3.85. The number of methoxy groups -OCH3 is 1. The van der Waals surface area contributed by atoms with E-state index in [9.17, 15) is 43.5 Å². The van der Waals surface area contributed by atoms with Gasteiger partial charge in [0.2, 0.25) is 35.4 Å². The Morgan fingerprint density at radius 1 is 1.03 bits per heavy atom. The topological polar surface area (TPSA) is 222 Å². The van der Waals surface area contributed by atoms with Gasteiger partial charge in [-0.2, -0.15) is 0 Å². The Kier molecular flexibility index (Phi) is 17.4. The number of esters is 1. The summed E-state index contributed by atoms with van der Waals surface area (Å²) in [6.07, 6.45) is 4.29. The molecule has 5 fully saturated rings. The van der Waals surface area contributed by atoms with Crippen LogP contribution in [-0.2, 0) is 58.9 Å². The zero-order valence-electron chi connectivity index (χ0n) is 43.1. The Morgan fingerprint density at radius 2 is 1.71 bits per heavy atom. The number of hydrogen-bond donors (Lipinski definition) is 2. The van der Waals surface area contributed by atoms with Crippen LogP contribution in [0.1, 0.15) is 103 Å². The van der Waals surface area contributed by atoms with Crippen molar-refractivity contribution in [1.82, 2.24) is 20.0 Å². The molecule has 73 heavy (non-hydrogen) atoms. The molecule has 18 nitrogen and oxygen atoms in total. The van der Waals surface area contributed by atoms with Gasteiger partial charge in [-0.3, -0.25) is 43.9 Å². The number of aryl methyl sites for hydroxylation is 1. The van der Waals surface area contributed by atoms with Gasteiger partial charge in [0.05, 0.1) is 28.5 Å². The van der Waals surface area contributed by atoms with E-state index in [1.807, 2.05) is 32.1 Å². The minimum atomic E-state index is -1.86. The van der Waals surface area contributed by atoms with Crippen molar-refractivity contribution in [2.75, 3.05) is 44.9 Å². The lowest BCUT2D eigenvalue weighted by atomic mass is 9.78. The highest BCUT2D eigenvalue weighted by atomic mass is 35.5. The third kappa shape index (κ3) is 12.4. The fraction of sp³-hybridized carbons (Fsp3) is 0.623. The van der Waals surface area contributed by atoms with Crippen LogP contribution in [0.3, 0.4) is 0 Å². The number of rotatable bonds is 13. The number of likely N-dealkylation sites (tertiary alicyclic amines) is 2. The van der Waals surface area contributed by atoms with E-state index in [4.69, 9.17) is 30.5 Å². The molecule has 7 amide bonds. The summed E-state index contributed by atoms with van der Waals surface area (Å²) < 4.78 is 23.9. The summed E-state index contributed by atoms with van der Waals surface area (Å²) >= 11 is 8.06. The van der Waals surface area contributed by atoms with Crippen LogP contribution in [0.4, 0.5) is 10.5 Å². The highest BCUT2D eigenvalue weighted by Crippen LogP contribution is 2.49. The quantitative estimate of drug-likeness (QED) is 0.107. The first-order valence-electron chi connectivity index (χ1n) is 25.2. The average molecular weight is 1050 g/mol. The fourth-order valence-electron chi connectivity index (χ4n) is 10.8. The summed E-state index contributed by atoms with van der Waals surface area (Å²) in [5, 5.41) is 14.1. The maximum absolute atomic E-state index is 14.3. The van der Waals surface area contributed by atoms with Crippen molar-refractivity contribution in [3.63, 3.8) is 0 Å². The predicted molar refractivity (Wildman–Crippen MR) is 272 cm³/mol. The molecule has 1 aliphatic carbocycles. The van der Waals surface area contributed by atoms with Gasteiger partial charge in [0.1, 0.15) is 30.0 Å². The number of nitrogens with zero attached hydrogens (tertiary/aromatic N) is 4. The van der Waals surface area contributed by atoms with Crippen molar-refractivity contribution in [3.8, 4) is 0 Å². The number of aliphatic hydroxyl groups is 1. The third-order valence-electron chi connectivity index (χ3n) is 15.7. The Balaban J connectivity index is 0.977. The fourth-order valence-corrected chi connectivity index (χ4v) is 12.2. The summed E-state index contributed by atoms with van der Waals surface area (Å²) in [4.78, 5) is 111. The molecule has 6 aliphatic rings. The number of fused-ring (bicyclic) bond motifs is 5. The van der Waals surface area contributed by atoms with Crippen molar-refractivity contribution in [2.24, 2.45) is 17.8 Å². The summed E-state index contributed by atoms with van der Waals surface area (Å²) in [7, 11) is 4.48. The van der Waals surface area contributed by atoms with Gasteiger partial charge in [0.15, 0.2) is 5.72 Å². The number of benzene rings is 1. The van der Waals surface area contributed by atoms with Crippen LogP contribution in [0.15, 0.2) is 48.1 Å². The number of hydrogen-bond acceptors (Lipinski definition) is 14. The second-order valence-corrected chi connectivity index (χ2v) is 22.6. The van der Waals surface area contributed by atoms with Gasteiger partial charge < -0.3 is 33.9 Å². The van der Waals surface area contributed by atoms with Crippen molar-refractivity contribution in [1.29, 1.82) is 0 Å². The van der Waals surface area contributed by atoms with Gasteiger partial charge in [-0.05, 0) is 88.8 Å². The van der Waals surface area contributed by atoms with E-state index in [0.717, 1.165) is 48.0 Å². The molecule has 0 spiro atoms. The van der Waals surface area contributed by atoms with Crippen molar-refractivity contribution < 1.29 is 62.4 Å². The van der Waals surface area contributed by atoms with Crippen LogP contribution in [0.25, 0.3) is 0 Å². The summed E-state index contributed by atoms with van der Waals surface area (Å²) in [5.41, 5.74) is 0.733. The van der Waals surface area contributed by atoms with E-state index >= 15 is 0 Å². The van der Waals surface area contributed by atoms with Gasteiger partial charge in [-0.15, -0.1) is 11.8 Å². The number of allylic oxidation sites excluding steroid dienone is 3. The molecule has 5 aliphatic heterocycles. The van der Waals surface area contributed by atoms with Gasteiger partial charge in [0.25, 0.3) is 0 Å². The molecule has 9 atom stereocenters. The third-order valence-corrected chi connectivity index (χ3v) is 17.4. The molecule has 1 saturated carbocycles. The molecule has 2 N–H and O–H groups in total. The number of nitrogens with one attached hydrogen (secondary N) is 1. The number of thioether (sulfide) groups is 1. The van der Waals surface area contributed by atoms with Crippen LogP contribution in [0.2, 0.25) is 5.02 Å². The number of imide groups is 2. The highest BCUT2D eigenvalue weighted by molar-refractivity contribution is 8.00. The van der Waals surface area contributed by atoms with Gasteiger partial charge >= 0.3 is 12.1 Å². The zero-order chi connectivity index (χ0) is 53.3. The highest BCUT2D eigenvalue weighted by Gasteiger charge is 2.64. The summed E-state index contributed by atoms with van der Waals surface area (Å²) in [6.45, 7) is 13.5. The van der Waals surface area contributed by atoms with Crippen molar-refractivity contribution in [3.05, 3.63) is 64.2 Å². The second-order valence-electron chi connectivity index (χ2n) is 20.9. The molecule has 0 aromatic heterocycles. The predicted octanol–water partition coefficient (Wildman–Crippen LogP) is 5.58. The molecular weight excluding hydrogens is 982 g/mol. The lowest BCUT2D eigenvalue weighted by Crippen LogP contribution is -2.63. The Hall–Kier alpha value is -5.08. The minimum absolute atomic E-state index is 0.0241. The molecular formula is C53H70ClN5O13S. The number of halogens is 1. The van der Waals surface area contributed by atoms with Crippen LogP contribution in [0.5, 0.6) is 0 Å². The molecule has 0 radical (unpaired) electrons. The molecule has 7 rings (SSSR count). The molecule has 5 heterocycles. The monoisotopic (exact) mass is 1050 g/mol. The number of anilines is 1. The Labute approximate surface area is 436 Å². The van der Waals surface area contributed by atoms with E-state index in [0.29, 0.717) is 23.7 Å².